The van der Waals surface area contributed by atoms with E-state index in [9.17, 15) is 0 Å². The first kappa shape index (κ1) is 13.8. The average molecular weight is 256 g/mol. The standard InChI is InChI=1S/C15H29OP/c17-16-15(14-9-5-2-6-10-14)12-11-13-7-3-1-4-8-13/h13-15H,1-12,17H2. The molecule has 2 rings (SSSR count). The third-order valence-electron chi connectivity index (χ3n) is 4.93. The van der Waals surface area contributed by atoms with Gasteiger partial charge in [-0.1, -0.05) is 51.4 Å². The molecule has 0 aromatic rings. The Morgan fingerprint density at radius 3 is 2.06 bits per heavy atom. The molecule has 100 valence electrons. The van der Waals surface area contributed by atoms with Crippen LogP contribution in [0.25, 0.3) is 0 Å². The summed E-state index contributed by atoms with van der Waals surface area (Å²) in [5, 5.41) is 0. The van der Waals surface area contributed by atoms with Gasteiger partial charge in [0, 0.05) is 9.47 Å². The summed E-state index contributed by atoms with van der Waals surface area (Å²) in [6.07, 6.45) is 17.7. The largest absolute Gasteiger partial charge is 0.362 e. The zero-order valence-corrected chi connectivity index (χ0v) is 12.4. The van der Waals surface area contributed by atoms with Gasteiger partial charge in [-0.3, -0.25) is 0 Å². The van der Waals surface area contributed by atoms with E-state index in [2.05, 4.69) is 9.47 Å². The molecule has 2 fully saturated rings. The summed E-state index contributed by atoms with van der Waals surface area (Å²) in [6.45, 7) is 0. The predicted molar refractivity (Wildman–Crippen MR) is 77.0 cm³/mol. The van der Waals surface area contributed by atoms with E-state index < -0.39 is 0 Å². The van der Waals surface area contributed by atoms with Crippen LogP contribution in [0.3, 0.4) is 0 Å². The van der Waals surface area contributed by atoms with E-state index in [1.807, 2.05) is 0 Å². The Labute approximate surface area is 109 Å². The molecule has 0 aliphatic heterocycles. The molecule has 0 amide bonds. The van der Waals surface area contributed by atoms with Crippen LogP contribution in [-0.2, 0) is 4.52 Å². The van der Waals surface area contributed by atoms with Gasteiger partial charge in [0.15, 0.2) is 0 Å². The van der Waals surface area contributed by atoms with Crippen molar-refractivity contribution in [3.8, 4) is 0 Å². The summed E-state index contributed by atoms with van der Waals surface area (Å²) in [6, 6.07) is 0. The number of hydrogen-bond acceptors (Lipinski definition) is 1. The van der Waals surface area contributed by atoms with Crippen molar-refractivity contribution in [3.05, 3.63) is 0 Å². The van der Waals surface area contributed by atoms with Crippen molar-refractivity contribution in [2.24, 2.45) is 11.8 Å². The summed E-state index contributed by atoms with van der Waals surface area (Å²) in [4.78, 5) is 0. The fourth-order valence-electron chi connectivity index (χ4n) is 3.80. The first-order valence-electron chi connectivity index (χ1n) is 7.75. The molecule has 2 aliphatic carbocycles. The monoisotopic (exact) mass is 256 g/mol. The SMILES string of the molecule is POC(CCC1CCCCC1)C1CCCCC1. The Hall–Kier alpha value is 0.390. The van der Waals surface area contributed by atoms with Crippen molar-refractivity contribution in [1.82, 2.24) is 0 Å². The van der Waals surface area contributed by atoms with E-state index in [0.717, 1.165) is 11.8 Å². The molecule has 0 bridgehead atoms. The second kappa shape index (κ2) is 7.74. The van der Waals surface area contributed by atoms with Crippen molar-refractivity contribution < 1.29 is 4.52 Å². The molecule has 1 nitrogen and oxygen atoms in total. The zero-order chi connectivity index (χ0) is 11.9. The van der Waals surface area contributed by atoms with Crippen LogP contribution in [0.1, 0.15) is 77.0 Å². The Kier molecular flexibility index (Phi) is 6.29. The minimum Gasteiger partial charge on any atom is -0.362 e. The number of hydrogen-bond donors (Lipinski definition) is 0. The van der Waals surface area contributed by atoms with Gasteiger partial charge in [-0.25, -0.2) is 0 Å². The first-order valence-corrected chi connectivity index (χ1v) is 8.23. The normalized spacial score (nSPS) is 25.9. The molecular weight excluding hydrogens is 227 g/mol. The van der Waals surface area contributed by atoms with Crippen LogP contribution in [-0.4, -0.2) is 6.10 Å². The lowest BCUT2D eigenvalue weighted by Gasteiger charge is -2.30. The molecule has 0 aromatic carbocycles. The van der Waals surface area contributed by atoms with Gasteiger partial charge >= 0.3 is 0 Å². The van der Waals surface area contributed by atoms with E-state index in [0.29, 0.717) is 6.10 Å². The van der Waals surface area contributed by atoms with Gasteiger partial charge in [-0.2, -0.15) is 0 Å². The molecule has 0 radical (unpaired) electrons. The van der Waals surface area contributed by atoms with Gasteiger partial charge in [-0.05, 0) is 37.5 Å². The maximum absolute atomic E-state index is 5.70. The van der Waals surface area contributed by atoms with E-state index in [1.54, 1.807) is 0 Å². The second-order valence-corrected chi connectivity index (χ2v) is 6.43. The smallest absolute Gasteiger partial charge is 0.0639 e. The van der Waals surface area contributed by atoms with Gasteiger partial charge in [0.2, 0.25) is 0 Å². The molecule has 2 aliphatic rings. The van der Waals surface area contributed by atoms with Crippen molar-refractivity contribution in [2.75, 3.05) is 0 Å². The fraction of sp³-hybridized carbons (Fsp3) is 1.00. The molecule has 2 unspecified atom stereocenters. The summed E-state index contributed by atoms with van der Waals surface area (Å²) < 4.78 is 5.70. The zero-order valence-electron chi connectivity index (χ0n) is 11.2. The van der Waals surface area contributed by atoms with Crippen molar-refractivity contribution >= 4 is 9.47 Å². The van der Waals surface area contributed by atoms with E-state index in [4.69, 9.17) is 4.52 Å². The average Bonchev–Trinajstić information content (AvgIpc) is 2.42. The van der Waals surface area contributed by atoms with E-state index >= 15 is 0 Å². The Morgan fingerprint density at radius 1 is 0.882 bits per heavy atom. The van der Waals surface area contributed by atoms with E-state index in [-0.39, 0.29) is 0 Å². The highest BCUT2D eigenvalue weighted by Crippen LogP contribution is 2.34. The maximum atomic E-state index is 5.70. The van der Waals surface area contributed by atoms with Gasteiger partial charge in [0.25, 0.3) is 0 Å². The predicted octanol–water partition coefficient (Wildman–Crippen LogP) is 5.10. The molecule has 2 atom stereocenters. The first-order chi connectivity index (χ1) is 8.40. The van der Waals surface area contributed by atoms with Crippen LogP contribution >= 0.6 is 9.47 Å². The molecule has 0 N–H and O–H groups in total. The third-order valence-corrected chi connectivity index (χ3v) is 5.28. The minimum absolute atomic E-state index is 0.530. The molecule has 0 aromatic heterocycles. The van der Waals surface area contributed by atoms with Crippen LogP contribution in [0.2, 0.25) is 0 Å². The Morgan fingerprint density at radius 2 is 1.47 bits per heavy atom. The summed E-state index contributed by atoms with van der Waals surface area (Å²) in [5.41, 5.74) is 0. The van der Waals surface area contributed by atoms with Crippen LogP contribution in [0.15, 0.2) is 0 Å². The van der Waals surface area contributed by atoms with Crippen molar-refractivity contribution in [3.63, 3.8) is 0 Å². The topological polar surface area (TPSA) is 9.23 Å². The van der Waals surface area contributed by atoms with Crippen LogP contribution in [0.4, 0.5) is 0 Å². The molecule has 2 saturated carbocycles. The molecule has 17 heavy (non-hydrogen) atoms. The van der Waals surface area contributed by atoms with Crippen molar-refractivity contribution in [2.45, 2.75) is 83.2 Å². The summed E-state index contributed by atoms with van der Waals surface area (Å²) in [7, 11) is 2.53. The van der Waals surface area contributed by atoms with Gasteiger partial charge in [0.05, 0.1) is 6.10 Å². The highest BCUT2D eigenvalue weighted by atomic mass is 31.0. The third kappa shape index (κ3) is 4.52. The maximum Gasteiger partial charge on any atom is 0.0639 e. The number of rotatable bonds is 5. The summed E-state index contributed by atoms with van der Waals surface area (Å²) in [5.74, 6) is 1.86. The molecule has 0 heterocycles. The Bertz CT molecular complexity index is 195. The fourth-order valence-corrected chi connectivity index (χ4v) is 4.15. The van der Waals surface area contributed by atoms with Crippen LogP contribution in [0.5, 0.6) is 0 Å². The van der Waals surface area contributed by atoms with Crippen LogP contribution in [0, 0.1) is 11.8 Å². The lowest BCUT2D eigenvalue weighted by Crippen LogP contribution is -2.24. The second-order valence-electron chi connectivity index (χ2n) is 6.15. The minimum atomic E-state index is 0.530. The lowest BCUT2D eigenvalue weighted by atomic mass is 9.80. The molecular formula is C15H29OP. The highest BCUT2D eigenvalue weighted by Gasteiger charge is 2.24. The lowest BCUT2D eigenvalue weighted by molar-refractivity contribution is 0.110. The van der Waals surface area contributed by atoms with Gasteiger partial charge < -0.3 is 4.52 Å². The highest BCUT2D eigenvalue weighted by molar-refractivity contribution is 7.09. The summed E-state index contributed by atoms with van der Waals surface area (Å²) >= 11 is 0. The molecule has 0 spiro atoms. The van der Waals surface area contributed by atoms with Gasteiger partial charge in [-0.15, -0.1) is 0 Å². The van der Waals surface area contributed by atoms with Gasteiger partial charge in [0.1, 0.15) is 0 Å². The Balaban J connectivity index is 1.70. The quantitative estimate of drug-likeness (QED) is 0.622. The van der Waals surface area contributed by atoms with Crippen molar-refractivity contribution in [1.29, 1.82) is 0 Å². The van der Waals surface area contributed by atoms with Crippen LogP contribution < -0.4 is 0 Å². The van der Waals surface area contributed by atoms with E-state index in [1.165, 1.54) is 77.0 Å². The molecule has 2 heteroatoms. The molecule has 0 saturated heterocycles.